The molecule has 0 aromatic carbocycles. The maximum atomic E-state index is 5.45. The maximum absolute atomic E-state index is 5.45. The molecule has 1 rings (SSSR count). The standard InChI is InChI=1S/C10H18N2O/c1-8(2)12-5-10(11-7-12)6-13-9(3)4/h5,7-9H,6H2,1-4H3. The van der Waals surface area contributed by atoms with E-state index in [0.29, 0.717) is 12.6 Å². The Hall–Kier alpha value is -0.830. The highest BCUT2D eigenvalue weighted by atomic mass is 16.5. The molecule has 0 bridgehead atoms. The van der Waals surface area contributed by atoms with Crippen molar-refractivity contribution >= 4 is 0 Å². The minimum absolute atomic E-state index is 0.268. The van der Waals surface area contributed by atoms with E-state index < -0.39 is 0 Å². The summed E-state index contributed by atoms with van der Waals surface area (Å²) in [5.41, 5.74) is 1.00. The summed E-state index contributed by atoms with van der Waals surface area (Å²) in [4.78, 5) is 4.25. The zero-order valence-electron chi connectivity index (χ0n) is 8.82. The highest BCUT2D eigenvalue weighted by Gasteiger charge is 2.02. The van der Waals surface area contributed by atoms with Crippen molar-refractivity contribution in [3.05, 3.63) is 18.2 Å². The van der Waals surface area contributed by atoms with Gasteiger partial charge in [0.05, 0.1) is 24.7 Å². The molecule has 0 spiro atoms. The molecule has 1 aromatic heterocycles. The fourth-order valence-electron chi connectivity index (χ4n) is 0.989. The number of imidazole rings is 1. The lowest BCUT2D eigenvalue weighted by atomic mass is 10.4. The SMILES string of the molecule is CC(C)OCc1cn(C(C)C)cn1. The van der Waals surface area contributed by atoms with Crippen LogP contribution in [0.4, 0.5) is 0 Å². The van der Waals surface area contributed by atoms with Crippen LogP contribution in [0.3, 0.4) is 0 Å². The maximum Gasteiger partial charge on any atom is 0.0952 e. The summed E-state index contributed by atoms with van der Waals surface area (Å²) >= 11 is 0. The van der Waals surface area contributed by atoms with Gasteiger partial charge in [-0.05, 0) is 27.7 Å². The van der Waals surface area contributed by atoms with E-state index in [-0.39, 0.29) is 6.10 Å². The van der Waals surface area contributed by atoms with Gasteiger partial charge in [-0.3, -0.25) is 0 Å². The summed E-state index contributed by atoms with van der Waals surface area (Å²) in [6.45, 7) is 8.93. The summed E-state index contributed by atoms with van der Waals surface area (Å²) in [5.74, 6) is 0. The van der Waals surface area contributed by atoms with Crippen molar-refractivity contribution < 1.29 is 4.74 Å². The van der Waals surface area contributed by atoms with Crippen LogP contribution in [0.5, 0.6) is 0 Å². The normalized spacial score (nSPS) is 11.5. The number of ether oxygens (including phenoxy) is 1. The van der Waals surface area contributed by atoms with E-state index in [1.807, 2.05) is 26.4 Å². The van der Waals surface area contributed by atoms with Crippen molar-refractivity contribution in [2.24, 2.45) is 0 Å². The molecule has 74 valence electrons. The van der Waals surface area contributed by atoms with Gasteiger partial charge in [-0.2, -0.15) is 0 Å². The molecule has 0 unspecified atom stereocenters. The number of hydrogen-bond donors (Lipinski definition) is 0. The molecule has 1 heterocycles. The van der Waals surface area contributed by atoms with E-state index in [1.165, 1.54) is 0 Å². The minimum Gasteiger partial charge on any atom is -0.372 e. The first kappa shape index (κ1) is 10.3. The van der Waals surface area contributed by atoms with Crippen LogP contribution in [0.25, 0.3) is 0 Å². The van der Waals surface area contributed by atoms with Gasteiger partial charge in [0.25, 0.3) is 0 Å². The number of hydrogen-bond acceptors (Lipinski definition) is 2. The third-order valence-corrected chi connectivity index (χ3v) is 1.82. The molecule has 0 radical (unpaired) electrons. The Kier molecular flexibility index (Phi) is 3.48. The molecular formula is C10H18N2O. The Labute approximate surface area is 79.7 Å². The molecule has 0 aliphatic carbocycles. The van der Waals surface area contributed by atoms with Crippen LogP contribution >= 0.6 is 0 Å². The highest BCUT2D eigenvalue weighted by Crippen LogP contribution is 2.06. The molecular weight excluding hydrogens is 164 g/mol. The van der Waals surface area contributed by atoms with E-state index >= 15 is 0 Å². The van der Waals surface area contributed by atoms with Crippen LogP contribution < -0.4 is 0 Å². The second-order valence-corrected chi connectivity index (χ2v) is 3.77. The summed E-state index contributed by atoms with van der Waals surface area (Å²) in [5, 5.41) is 0. The fraction of sp³-hybridized carbons (Fsp3) is 0.700. The average Bonchev–Trinajstić information content (AvgIpc) is 2.48. The highest BCUT2D eigenvalue weighted by molar-refractivity contribution is 4.95. The molecule has 1 aromatic rings. The van der Waals surface area contributed by atoms with Gasteiger partial charge >= 0.3 is 0 Å². The lowest BCUT2D eigenvalue weighted by Gasteiger charge is -2.05. The Morgan fingerprint density at radius 2 is 2.08 bits per heavy atom. The molecule has 0 aliphatic rings. The Morgan fingerprint density at radius 3 is 2.54 bits per heavy atom. The van der Waals surface area contributed by atoms with Gasteiger partial charge in [0.15, 0.2) is 0 Å². The average molecular weight is 182 g/mol. The van der Waals surface area contributed by atoms with E-state index in [9.17, 15) is 0 Å². The molecule has 0 aliphatic heterocycles. The van der Waals surface area contributed by atoms with Crippen molar-refractivity contribution in [2.45, 2.75) is 46.4 Å². The largest absolute Gasteiger partial charge is 0.372 e. The number of rotatable bonds is 4. The van der Waals surface area contributed by atoms with Crippen LogP contribution in [-0.4, -0.2) is 15.7 Å². The van der Waals surface area contributed by atoms with Crippen LogP contribution in [0.15, 0.2) is 12.5 Å². The molecule has 0 saturated carbocycles. The first-order valence-corrected chi connectivity index (χ1v) is 4.73. The van der Waals surface area contributed by atoms with Crippen LogP contribution in [0.1, 0.15) is 39.4 Å². The lowest BCUT2D eigenvalue weighted by Crippen LogP contribution is -2.02. The summed E-state index contributed by atoms with van der Waals surface area (Å²) in [6, 6.07) is 0.472. The monoisotopic (exact) mass is 182 g/mol. The summed E-state index contributed by atoms with van der Waals surface area (Å²) < 4.78 is 7.53. The number of aromatic nitrogens is 2. The zero-order valence-corrected chi connectivity index (χ0v) is 8.82. The molecule has 0 amide bonds. The molecule has 0 N–H and O–H groups in total. The predicted octanol–water partition coefficient (Wildman–Crippen LogP) is 2.39. The molecule has 3 nitrogen and oxygen atoms in total. The van der Waals surface area contributed by atoms with E-state index in [4.69, 9.17) is 4.74 Å². The van der Waals surface area contributed by atoms with Crippen LogP contribution in [0, 0.1) is 0 Å². The van der Waals surface area contributed by atoms with Crippen molar-refractivity contribution in [1.82, 2.24) is 9.55 Å². The van der Waals surface area contributed by atoms with Gasteiger partial charge in [0.2, 0.25) is 0 Å². The molecule has 13 heavy (non-hydrogen) atoms. The first-order chi connectivity index (χ1) is 6.09. The summed E-state index contributed by atoms with van der Waals surface area (Å²) in [7, 11) is 0. The Morgan fingerprint density at radius 1 is 1.38 bits per heavy atom. The van der Waals surface area contributed by atoms with E-state index in [2.05, 4.69) is 23.4 Å². The van der Waals surface area contributed by atoms with Crippen molar-refractivity contribution in [3.8, 4) is 0 Å². The summed E-state index contributed by atoms with van der Waals surface area (Å²) in [6.07, 6.45) is 4.15. The second kappa shape index (κ2) is 4.42. The Bertz CT molecular complexity index is 253. The topological polar surface area (TPSA) is 27.1 Å². The van der Waals surface area contributed by atoms with Gasteiger partial charge in [-0.15, -0.1) is 0 Å². The van der Waals surface area contributed by atoms with Crippen LogP contribution in [0.2, 0.25) is 0 Å². The fourth-order valence-corrected chi connectivity index (χ4v) is 0.989. The molecule has 0 atom stereocenters. The van der Waals surface area contributed by atoms with Gasteiger partial charge in [0, 0.05) is 12.2 Å². The first-order valence-electron chi connectivity index (χ1n) is 4.73. The third-order valence-electron chi connectivity index (χ3n) is 1.82. The lowest BCUT2D eigenvalue weighted by molar-refractivity contribution is 0.0637. The second-order valence-electron chi connectivity index (χ2n) is 3.77. The smallest absolute Gasteiger partial charge is 0.0952 e. The van der Waals surface area contributed by atoms with Crippen molar-refractivity contribution in [1.29, 1.82) is 0 Å². The quantitative estimate of drug-likeness (QED) is 0.715. The van der Waals surface area contributed by atoms with Gasteiger partial charge in [-0.1, -0.05) is 0 Å². The van der Waals surface area contributed by atoms with E-state index in [1.54, 1.807) is 0 Å². The molecule has 0 fully saturated rings. The van der Waals surface area contributed by atoms with Gasteiger partial charge in [-0.25, -0.2) is 4.98 Å². The minimum atomic E-state index is 0.268. The van der Waals surface area contributed by atoms with E-state index in [0.717, 1.165) is 5.69 Å². The van der Waals surface area contributed by atoms with Crippen molar-refractivity contribution in [2.75, 3.05) is 0 Å². The van der Waals surface area contributed by atoms with Crippen LogP contribution in [-0.2, 0) is 11.3 Å². The third kappa shape index (κ3) is 3.19. The van der Waals surface area contributed by atoms with Gasteiger partial charge < -0.3 is 9.30 Å². The molecule has 3 heteroatoms. The van der Waals surface area contributed by atoms with Gasteiger partial charge in [0.1, 0.15) is 0 Å². The number of nitrogens with zero attached hydrogens (tertiary/aromatic N) is 2. The molecule has 0 saturated heterocycles. The van der Waals surface area contributed by atoms with Crippen molar-refractivity contribution in [3.63, 3.8) is 0 Å². The predicted molar refractivity (Wildman–Crippen MR) is 52.5 cm³/mol. The Balaban J connectivity index is 2.49. The zero-order chi connectivity index (χ0) is 9.84.